The van der Waals surface area contributed by atoms with E-state index in [9.17, 15) is 0 Å². The lowest BCUT2D eigenvalue weighted by Gasteiger charge is -2.29. The molecular formula is C18H27N3. The molecule has 1 aromatic carbocycles. The molecule has 0 aromatic heterocycles. The third kappa shape index (κ3) is 5.15. The molecule has 3 heteroatoms. The van der Waals surface area contributed by atoms with Gasteiger partial charge in [0.1, 0.15) is 0 Å². The number of nitrogens with zero attached hydrogens (tertiary/aromatic N) is 2. The number of likely N-dealkylation sites (tertiary alicyclic amines) is 1. The maximum atomic E-state index is 8.83. The van der Waals surface area contributed by atoms with Gasteiger partial charge >= 0.3 is 0 Å². The highest BCUT2D eigenvalue weighted by Gasteiger charge is 2.14. The molecule has 1 aliphatic rings. The SMILES string of the molecule is CC(CNC(C)c1ccc(C#N)cc1)CN1CCCCC1. The Hall–Kier alpha value is -1.37. The van der Waals surface area contributed by atoms with Crippen LogP contribution >= 0.6 is 0 Å². The molecule has 0 spiro atoms. The van der Waals surface area contributed by atoms with Crippen molar-refractivity contribution >= 4 is 0 Å². The number of hydrogen-bond donors (Lipinski definition) is 1. The zero-order valence-electron chi connectivity index (χ0n) is 13.3. The molecule has 0 saturated carbocycles. The van der Waals surface area contributed by atoms with Crippen LogP contribution in [0.3, 0.4) is 0 Å². The molecular weight excluding hydrogens is 258 g/mol. The molecule has 0 amide bonds. The number of nitriles is 1. The van der Waals surface area contributed by atoms with Crippen molar-refractivity contribution < 1.29 is 0 Å². The van der Waals surface area contributed by atoms with Crippen LogP contribution in [0.1, 0.15) is 50.3 Å². The summed E-state index contributed by atoms with van der Waals surface area (Å²) in [5, 5.41) is 12.4. The average Bonchev–Trinajstić information content (AvgIpc) is 2.53. The molecule has 1 saturated heterocycles. The van der Waals surface area contributed by atoms with Gasteiger partial charge in [-0.05, 0) is 63.0 Å². The summed E-state index contributed by atoms with van der Waals surface area (Å²) in [5.74, 6) is 0.670. The third-order valence-electron chi connectivity index (χ3n) is 4.33. The van der Waals surface area contributed by atoms with E-state index in [4.69, 9.17) is 5.26 Å². The molecule has 114 valence electrons. The first-order valence-corrected chi connectivity index (χ1v) is 8.15. The predicted molar refractivity (Wildman–Crippen MR) is 87.0 cm³/mol. The Morgan fingerprint density at radius 2 is 1.81 bits per heavy atom. The van der Waals surface area contributed by atoms with Gasteiger partial charge in [0, 0.05) is 12.6 Å². The Morgan fingerprint density at radius 1 is 1.14 bits per heavy atom. The van der Waals surface area contributed by atoms with E-state index in [-0.39, 0.29) is 0 Å². The summed E-state index contributed by atoms with van der Waals surface area (Å²) in [4.78, 5) is 2.60. The van der Waals surface area contributed by atoms with Crippen LogP contribution in [0.2, 0.25) is 0 Å². The van der Waals surface area contributed by atoms with Crippen molar-refractivity contribution in [1.29, 1.82) is 5.26 Å². The molecule has 3 nitrogen and oxygen atoms in total. The summed E-state index contributed by atoms with van der Waals surface area (Å²) < 4.78 is 0. The lowest BCUT2D eigenvalue weighted by atomic mass is 10.0. The van der Waals surface area contributed by atoms with E-state index in [0.717, 1.165) is 12.1 Å². The maximum Gasteiger partial charge on any atom is 0.0991 e. The van der Waals surface area contributed by atoms with Crippen LogP contribution in [0.25, 0.3) is 0 Å². The molecule has 0 radical (unpaired) electrons. The number of rotatable bonds is 6. The molecule has 0 bridgehead atoms. The van der Waals surface area contributed by atoms with Gasteiger partial charge < -0.3 is 10.2 Å². The Kier molecular flexibility index (Phi) is 6.22. The van der Waals surface area contributed by atoms with E-state index >= 15 is 0 Å². The number of nitrogens with one attached hydrogen (secondary N) is 1. The fourth-order valence-electron chi connectivity index (χ4n) is 2.99. The van der Waals surface area contributed by atoms with Crippen molar-refractivity contribution in [2.45, 2.75) is 39.2 Å². The van der Waals surface area contributed by atoms with Gasteiger partial charge in [-0.3, -0.25) is 0 Å². The zero-order valence-corrected chi connectivity index (χ0v) is 13.3. The van der Waals surface area contributed by atoms with Crippen molar-refractivity contribution in [1.82, 2.24) is 10.2 Å². The molecule has 1 aliphatic heterocycles. The second-order valence-corrected chi connectivity index (χ2v) is 6.33. The fraction of sp³-hybridized carbons (Fsp3) is 0.611. The largest absolute Gasteiger partial charge is 0.310 e. The molecule has 2 unspecified atom stereocenters. The van der Waals surface area contributed by atoms with Gasteiger partial charge in [0.15, 0.2) is 0 Å². The second kappa shape index (κ2) is 8.17. The quantitative estimate of drug-likeness (QED) is 0.871. The van der Waals surface area contributed by atoms with Crippen LogP contribution in [0.4, 0.5) is 0 Å². The minimum absolute atomic E-state index is 0.335. The highest BCUT2D eigenvalue weighted by Crippen LogP contribution is 2.14. The summed E-state index contributed by atoms with van der Waals surface area (Å²) >= 11 is 0. The van der Waals surface area contributed by atoms with Crippen LogP contribution in [-0.2, 0) is 0 Å². The minimum atomic E-state index is 0.335. The van der Waals surface area contributed by atoms with Crippen LogP contribution in [0, 0.1) is 17.2 Å². The van der Waals surface area contributed by atoms with Crippen LogP contribution in [-0.4, -0.2) is 31.1 Å². The van der Waals surface area contributed by atoms with Crippen molar-refractivity contribution in [2.24, 2.45) is 5.92 Å². The van der Waals surface area contributed by atoms with Gasteiger partial charge in [0.05, 0.1) is 11.6 Å². The molecule has 1 N–H and O–H groups in total. The van der Waals surface area contributed by atoms with E-state index < -0.39 is 0 Å². The van der Waals surface area contributed by atoms with Gasteiger partial charge in [0.2, 0.25) is 0 Å². The van der Waals surface area contributed by atoms with Crippen molar-refractivity contribution in [3.63, 3.8) is 0 Å². The summed E-state index contributed by atoms with van der Waals surface area (Å²) in [6.07, 6.45) is 4.13. The first-order chi connectivity index (χ1) is 10.2. The van der Waals surface area contributed by atoms with Gasteiger partial charge in [0.25, 0.3) is 0 Å². The third-order valence-corrected chi connectivity index (χ3v) is 4.33. The predicted octanol–water partition coefficient (Wildman–Crippen LogP) is 3.33. The molecule has 21 heavy (non-hydrogen) atoms. The Balaban J connectivity index is 1.74. The first-order valence-electron chi connectivity index (χ1n) is 8.15. The van der Waals surface area contributed by atoms with E-state index in [1.165, 1.54) is 44.5 Å². The van der Waals surface area contributed by atoms with E-state index in [1.807, 2.05) is 24.3 Å². The molecule has 1 fully saturated rings. The Labute approximate surface area is 129 Å². The molecule has 1 heterocycles. The monoisotopic (exact) mass is 285 g/mol. The summed E-state index contributed by atoms with van der Waals surface area (Å²) in [7, 11) is 0. The molecule has 2 rings (SSSR count). The Morgan fingerprint density at radius 3 is 2.43 bits per heavy atom. The summed E-state index contributed by atoms with van der Waals surface area (Å²) in [6, 6.07) is 10.4. The lowest BCUT2D eigenvalue weighted by molar-refractivity contribution is 0.197. The normalized spacial score (nSPS) is 18.9. The minimum Gasteiger partial charge on any atom is -0.310 e. The van der Waals surface area contributed by atoms with Crippen molar-refractivity contribution in [3.05, 3.63) is 35.4 Å². The average molecular weight is 285 g/mol. The van der Waals surface area contributed by atoms with E-state index in [0.29, 0.717) is 12.0 Å². The topological polar surface area (TPSA) is 39.1 Å². The van der Waals surface area contributed by atoms with Gasteiger partial charge in [-0.25, -0.2) is 0 Å². The van der Waals surface area contributed by atoms with Crippen molar-refractivity contribution in [2.75, 3.05) is 26.2 Å². The van der Waals surface area contributed by atoms with E-state index in [2.05, 4.69) is 30.1 Å². The van der Waals surface area contributed by atoms with Gasteiger partial charge in [-0.2, -0.15) is 5.26 Å². The maximum absolute atomic E-state index is 8.83. The second-order valence-electron chi connectivity index (χ2n) is 6.33. The molecule has 1 aromatic rings. The summed E-state index contributed by atoms with van der Waals surface area (Å²) in [5.41, 5.74) is 1.98. The Bertz CT molecular complexity index is 454. The van der Waals surface area contributed by atoms with Crippen LogP contribution in [0.5, 0.6) is 0 Å². The molecule has 0 aliphatic carbocycles. The zero-order chi connectivity index (χ0) is 15.1. The van der Waals surface area contributed by atoms with E-state index in [1.54, 1.807) is 0 Å². The first kappa shape index (κ1) is 16.0. The molecule has 2 atom stereocenters. The fourth-order valence-corrected chi connectivity index (χ4v) is 2.99. The lowest BCUT2D eigenvalue weighted by Crippen LogP contribution is -2.37. The van der Waals surface area contributed by atoms with Gasteiger partial charge in [-0.1, -0.05) is 25.5 Å². The highest BCUT2D eigenvalue weighted by molar-refractivity contribution is 5.32. The van der Waals surface area contributed by atoms with Crippen LogP contribution in [0.15, 0.2) is 24.3 Å². The standard InChI is InChI=1S/C18H27N3/c1-15(14-21-10-4-3-5-11-21)13-20-16(2)18-8-6-17(12-19)7-9-18/h6-9,15-16,20H,3-5,10-11,13-14H2,1-2H3. The van der Waals surface area contributed by atoms with Crippen LogP contribution < -0.4 is 5.32 Å². The van der Waals surface area contributed by atoms with Crippen molar-refractivity contribution in [3.8, 4) is 6.07 Å². The number of hydrogen-bond acceptors (Lipinski definition) is 3. The smallest absolute Gasteiger partial charge is 0.0991 e. The number of benzene rings is 1. The number of piperidine rings is 1. The van der Waals surface area contributed by atoms with Gasteiger partial charge in [-0.15, -0.1) is 0 Å². The summed E-state index contributed by atoms with van der Waals surface area (Å²) in [6.45, 7) is 9.30. The highest BCUT2D eigenvalue weighted by atomic mass is 15.1.